The van der Waals surface area contributed by atoms with Crippen molar-refractivity contribution in [3.8, 4) is 0 Å². The van der Waals surface area contributed by atoms with Gasteiger partial charge in [-0.15, -0.1) is 0 Å². The van der Waals surface area contributed by atoms with Gasteiger partial charge >= 0.3 is 0 Å². The number of carbonyl (C=O) groups excluding carboxylic acids is 1. The van der Waals surface area contributed by atoms with Gasteiger partial charge in [-0.2, -0.15) is 4.31 Å². The van der Waals surface area contributed by atoms with E-state index in [1.807, 2.05) is 19.9 Å². The number of rotatable bonds is 7. The summed E-state index contributed by atoms with van der Waals surface area (Å²) in [6.45, 7) is 6.46. The number of amides is 1. The molecule has 0 aromatic heterocycles. The van der Waals surface area contributed by atoms with E-state index in [2.05, 4.69) is 10.0 Å². The molecule has 10 heteroatoms. The molecule has 36 heavy (non-hydrogen) atoms. The Balaban J connectivity index is 1.52. The van der Waals surface area contributed by atoms with Gasteiger partial charge in [-0.1, -0.05) is 12.1 Å². The highest BCUT2D eigenvalue weighted by Gasteiger charge is 2.27. The van der Waals surface area contributed by atoms with Crippen LogP contribution in [0.3, 0.4) is 0 Å². The Kier molecular flexibility index (Phi) is 7.21. The molecular formula is C26H29N3O5S2. The average Bonchev–Trinajstić information content (AvgIpc) is 3.34. The van der Waals surface area contributed by atoms with Gasteiger partial charge in [0.1, 0.15) is 0 Å². The fourth-order valence-electron chi connectivity index (χ4n) is 4.27. The summed E-state index contributed by atoms with van der Waals surface area (Å²) in [5.41, 5.74) is 3.37. The third-order valence-electron chi connectivity index (χ3n) is 6.03. The van der Waals surface area contributed by atoms with E-state index in [0.29, 0.717) is 30.0 Å². The van der Waals surface area contributed by atoms with Crippen molar-refractivity contribution in [1.29, 1.82) is 0 Å². The topological polar surface area (TPSA) is 113 Å². The maximum Gasteiger partial charge on any atom is 0.262 e. The first-order chi connectivity index (χ1) is 17.0. The molecule has 0 aliphatic carbocycles. The van der Waals surface area contributed by atoms with Crippen LogP contribution in [-0.2, 0) is 20.0 Å². The lowest BCUT2D eigenvalue weighted by Gasteiger charge is -2.16. The Labute approximate surface area is 212 Å². The van der Waals surface area contributed by atoms with E-state index in [-0.39, 0.29) is 15.4 Å². The number of anilines is 2. The molecule has 0 spiro atoms. The van der Waals surface area contributed by atoms with Gasteiger partial charge in [-0.05, 0) is 98.8 Å². The van der Waals surface area contributed by atoms with Crippen LogP contribution in [0.25, 0.3) is 0 Å². The standard InChI is InChI=1S/C26H29N3O5S2/c1-18-14-19(2)16-23(15-18)28-35(31,32)25-17-21(7-6-20(25)3)26(30)27-22-8-10-24(11-9-22)36(33,34)29-12-4-5-13-29/h6-11,14-17,28H,4-5,12-13H2,1-3H3,(H,27,30). The van der Waals surface area contributed by atoms with Crippen LogP contribution in [0.15, 0.2) is 70.5 Å². The Bertz CT molecular complexity index is 1490. The number of nitrogens with one attached hydrogen (secondary N) is 2. The molecule has 4 rings (SSSR count). The van der Waals surface area contributed by atoms with Crippen LogP contribution in [-0.4, -0.2) is 40.1 Å². The minimum atomic E-state index is -3.94. The molecule has 1 saturated heterocycles. The summed E-state index contributed by atoms with van der Waals surface area (Å²) < 4.78 is 55.7. The summed E-state index contributed by atoms with van der Waals surface area (Å²) in [7, 11) is -7.49. The predicted molar refractivity (Wildman–Crippen MR) is 140 cm³/mol. The van der Waals surface area contributed by atoms with Crippen molar-refractivity contribution in [2.45, 2.75) is 43.4 Å². The zero-order valence-corrected chi connectivity index (χ0v) is 22.0. The summed E-state index contributed by atoms with van der Waals surface area (Å²) >= 11 is 0. The van der Waals surface area contributed by atoms with Gasteiger partial charge in [0.15, 0.2) is 0 Å². The van der Waals surface area contributed by atoms with Crippen molar-refractivity contribution in [3.05, 3.63) is 82.9 Å². The highest BCUT2D eigenvalue weighted by Crippen LogP contribution is 2.25. The van der Waals surface area contributed by atoms with Crippen molar-refractivity contribution < 1.29 is 21.6 Å². The Hall–Kier alpha value is -3.21. The van der Waals surface area contributed by atoms with E-state index in [0.717, 1.165) is 24.0 Å². The summed E-state index contributed by atoms with van der Waals surface area (Å²) in [4.78, 5) is 13.1. The fourth-order valence-corrected chi connectivity index (χ4v) is 7.09. The zero-order chi connectivity index (χ0) is 26.1. The van der Waals surface area contributed by atoms with Crippen LogP contribution in [0.4, 0.5) is 11.4 Å². The average molecular weight is 528 g/mol. The summed E-state index contributed by atoms with van der Waals surface area (Å²) in [6.07, 6.45) is 1.70. The molecule has 1 aliphatic rings. The normalized spacial score (nSPS) is 14.5. The van der Waals surface area contributed by atoms with E-state index < -0.39 is 26.0 Å². The van der Waals surface area contributed by atoms with Crippen LogP contribution >= 0.6 is 0 Å². The Morgan fingerprint density at radius 1 is 0.778 bits per heavy atom. The number of aryl methyl sites for hydroxylation is 3. The van der Waals surface area contributed by atoms with E-state index in [9.17, 15) is 21.6 Å². The van der Waals surface area contributed by atoms with Gasteiger partial charge in [-0.3, -0.25) is 9.52 Å². The second-order valence-electron chi connectivity index (χ2n) is 9.05. The molecule has 0 radical (unpaired) electrons. The van der Waals surface area contributed by atoms with Crippen molar-refractivity contribution >= 4 is 37.3 Å². The van der Waals surface area contributed by atoms with Crippen LogP contribution in [0.2, 0.25) is 0 Å². The third-order valence-corrected chi connectivity index (χ3v) is 9.46. The lowest BCUT2D eigenvalue weighted by atomic mass is 10.1. The molecule has 1 fully saturated rings. The van der Waals surface area contributed by atoms with Crippen LogP contribution < -0.4 is 10.0 Å². The van der Waals surface area contributed by atoms with Crippen molar-refractivity contribution in [3.63, 3.8) is 0 Å². The minimum absolute atomic E-state index is 0.00126. The van der Waals surface area contributed by atoms with Crippen LogP contribution in [0.5, 0.6) is 0 Å². The third kappa shape index (κ3) is 5.61. The largest absolute Gasteiger partial charge is 0.322 e. The number of hydrogen-bond donors (Lipinski definition) is 2. The predicted octanol–water partition coefficient (Wildman–Crippen LogP) is 4.45. The molecule has 1 heterocycles. The van der Waals surface area contributed by atoms with Gasteiger partial charge in [0.2, 0.25) is 10.0 Å². The lowest BCUT2D eigenvalue weighted by molar-refractivity contribution is 0.102. The molecule has 2 N–H and O–H groups in total. The smallest absolute Gasteiger partial charge is 0.262 e. The van der Waals surface area contributed by atoms with Crippen molar-refractivity contribution in [1.82, 2.24) is 4.31 Å². The Morgan fingerprint density at radius 3 is 2.00 bits per heavy atom. The molecule has 0 bridgehead atoms. The summed E-state index contributed by atoms with van der Waals surface area (Å²) in [5.74, 6) is -0.506. The number of hydrogen-bond acceptors (Lipinski definition) is 5. The monoisotopic (exact) mass is 527 g/mol. The molecule has 190 valence electrons. The molecule has 0 atom stereocenters. The molecular weight excluding hydrogens is 498 g/mol. The molecule has 0 unspecified atom stereocenters. The SMILES string of the molecule is Cc1cc(C)cc(NS(=O)(=O)c2cc(C(=O)Nc3ccc(S(=O)(=O)N4CCCC4)cc3)ccc2C)c1. The van der Waals surface area contributed by atoms with Crippen molar-refractivity contribution in [2.24, 2.45) is 0 Å². The van der Waals surface area contributed by atoms with E-state index >= 15 is 0 Å². The van der Waals surface area contributed by atoms with Gasteiger partial charge in [0.25, 0.3) is 15.9 Å². The second kappa shape index (κ2) is 10.0. The maximum absolute atomic E-state index is 13.1. The fraction of sp³-hybridized carbons (Fsp3) is 0.269. The van der Waals surface area contributed by atoms with Crippen LogP contribution in [0, 0.1) is 20.8 Å². The molecule has 8 nitrogen and oxygen atoms in total. The minimum Gasteiger partial charge on any atom is -0.322 e. The zero-order valence-electron chi connectivity index (χ0n) is 20.4. The molecule has 0 saturated carbocycles. The maximum atomic E-state index is 13.1. The molecule has 3 aromatic rings. The second-order valence-corrected chi connectivity index (χ2v) is 12.6. The van der Waals surface area contributed by atoms with E-state index in [1.165, 1.54) is 34.6 Å². The first-order valence-corrected chi connectivity index (χ1v) is 14.5. The highest BCUT2D eigenvalue weighted by atomic mass is 32.2. The summed E-state index contributed by atoms with van der Waals surface area (Å²) in [5, 5.41) is 2.71. The van der Waals surface area contributed by atoms with E-state index in [4.69, 9.17) is 0 Å². The quantitative estimate of drug-likeness (QED) is 0.471. The highest BCUT2D eigenvalue weighted by molar-refractivity contribution is 7.92. The first-order valence-electron chi connectivity index (χ1n) is 11.6. The number of benzene rings is 3. The van der Waals surface area contributed by atoms with Gasteiger partial charge < -0.3 is 5.32 Å². The molecule has 1 amide bonds. The van der Waals surface area contributed by atoms with Crippen LogP contribution in [0.1, 0.15) is 39.9 Å². The lowest BCUT2D eigenvalue weighted by Crippen LogP contribution is -2.27. The number of nitrogens with zero attached hydrogens (tertiary/aromatic N) is 1. The first kappa shape index (κ1) is 25.9. The van der Waals surface area contributed by atoms with Gasteiger partial charge in [0.05, 0.1) is 9.79 Å². The number of carbonyl (C=O) groups is 1. The van der Waals surface area contributed by atoms with E-state index in [1.54, 1.807) is 31.2 Å². The number of sulfonamides is 2. The molecule has 3 aromatic carbocycles. The summed E-state index contributed by atoms with van der Waals surface area (Å²) in [6, 6.07) is 15.9. The van der Waals surface area contributed by atoms with Gasteiger partial charge in [-0.25, -0.2) is 16.8 Å². The van der Waals surface area contributed by atoms with Crippen molar-refractivity contribution in [2.75, 3.05) is 23.1 Å². The Morgan fingerprint density at radius 2 is 1.39 bits per heavy atom. The molecule has 1 aliphatic heterocycles. The van der Waals surface area contributed by atoms with Gasteiger partial charge in [0, 0.05) is 30.0 Å².